The highest BCUT2D eigenvalue weighted by molar-refractivity contribution is 7.91. The van der Waals surface area contributed by atoms with E-state index in [0.29, 0.717) is 10.7 Å². The first-order valence-corrected chi connectivity index (χ1v) is 10.2. The van der Waals surface area contributed by atoms with E-state index in [4.69, 9.17) is 16.0 Å². The van der Waals surface area contributed by atoms with Crippen LogP contribution in [0.3, 0.4) is 0 Å². The van der Waals surface area contributed by atoms with Crippen LogP contribution < -0.4 is 5.32 Å². The molecule has 0 aliphatic heterocycles. The van der Waals surface area contributed by atoms with Gasteiger partial charge in [-0.1, -0.05) is 41.9 Å². The lowest BCUT2D eigenvalue weighted by molar-refractivity contribution is 0.0991. The standard InChI is InChI=1S/C21H14ClNO4S/c22-16-6-9-18(10-7-16)28(25,26)20-12-11-19(27-20)21(24)23-17-8-5-14-3-1-2-4-15(14)13-17/h1-13H,(H,23,24). The maximum absolute atomic E-state index is 12.6. The number of carbonyl (C=O) groups is 1. The normalized spacial score (nSPS) is 11.5. The van der Waals surface area contributed by atoms with Crippen molar-refractivity contribution >= 4 is 43.8 Å². The molecule has 1 heterocycles. The van der Waals surface area contributed by atoms with Gasteiger partial charge in [-0.05, 0) is 59.3 Å². The fourth-order valence-electron chi connectivity index (χ4n) is 2.78. The van der Waals surface area contributed by atoms with Crippen LogP contribution in [0.25, 0.3) is 10.8 Å². The average molecular weight is 412 g/mol. The third-order valence-electron chi connectivity index (χ3n) is 4.20. The van der Waals surface area contributed by atoms with E-state index in [9.17, 15) is 13.2 Å². The Morgan fingerprint density at radius 3 is 2.32 bits per heavy atom. The second-order valence-corrected chi connectivity index (χ2v) is 8.41. The molecule has 4 rings (SSSR count). The Kier molecular flexibility index (Phi) is 4.66. The fraction of sp³-hybridized carbons (Fsp3) is 0. The smallest absolute Gasteiger partial charge is 0.291 e. The fourth-order valence-corrected chi connectivity index (χ4v) is 4.08. The molecule has 0 aliphatic carbocycles. The number of sulfone groups is 1. The second-order valence-electron chi connectivity index (χ2n) is 6.09. The topological polar surface area (TPSA) is 76.4 Å². The molecular weight excluding hydrogens is 398 g/mol. The molecule has 0 fully saturated rings. The molecule has 28 heavy (non-hydrogen) atoms. The number of carbonyl (C=O) groups excluding carboxylic acids is 1. The van der Waals surface area contributed by atoms with Crippen LogP contribution in [-0.2, 0) is 9.84 Å². The summed E-state index contributed by atoms with van der Waals surface area (Å²) >= 11 is 5.80. The molecule has 4 aromatic rings. The van der Waals surface area contributed by atoms with Crippen molar-refractivity contribution in [3.63, 3.8) is 0 Å². The van der Waals surface area contributed by atoms with Gasteiger partial charge in [0.1, 0.15) is 0 Å². The number of hydrogen-bond donors (Lipinski definition) is 1. The highest BCUT2D eigenvalue weighted by Gasteiger charge is 2.23. The van der Waals surface area contributed by atoms with E-state index < -0.39 is 15.7 Å². The highest BCUT2D eigenvalue weighted by Crippen LogP contribution is 2.25. The number of furan rings is 1. The molecule has 3 aromatic carbocycles. The maximum Gasteiger partial charge on any atom is 0.291 e. The first kappa shape index (κ1) is 18.3. The van der Waals surface area contributed by atoms with E-state index in [1.54, 1.807) is 6.07 Å². The van der Waals surface area contributed by atoms with Gasteiger partial charge < -0.3 is 9.73 Å². The van der Waals surface area contributed by atoms with Crippen LogP contribution in [0.2, 0.25) is 5.02 Å². The van der Waals surface area contributed by atoms with E-state index in [0.717, 1.165) is 10.8 Å². The third-order valence-corrected chi connectivity index (χ3v) is 6.10. The maximum atomic E-state index is 12.6. The van der Waals surface area contributed by atoms with E-state index in [1.807, 2.05) is 36.4 Å². The molecule has 0 aliphatic rings. The van der Waals surface area contributed by atoms with Crippen molar-refractivity contribution in [1.82, 2.24) is 0 Å². The van der Waals surface area contributed by atoms with Gasteiger partial charge in [-0.2, -0.15) is 0 Å². The third kappa shape index (κ3) is 3.52. The molecule has 0 unspecified atom stereocenters. The van der Waals surface area contributed by atoms with Gasteiger partial charge in [-0.25, -0.2) is 8.42 Å². The average Bonchev–Trinajstić information content (AvgIpc) is 3.19. The first-order chi connectivity index (χ1) is 13.4. The minimum Gasteiger partial charge on any atom is -0.439 e. The quantitative estimate of drug-likeness (QED) is 0.502. The zero-order valence-electron chi connectivity index (χ0n) is 14.4. The summed E-state index contributed by atoms with van der Waals surface area (Å²) in [6.45, 7) is 0. The Balaban J connectivity index is 1.57. The Bertz CT molecular complexity index is 1280. The monoisotopic (exact) mass is 411 g/mol. The number of rotatable bonds is 4. The summed E-state index contributed by atoms with van der Waals surface area (Å²) in [4.78, 5) is 12.5. The molecule has 1 aromatic heterocycles. The Labute approximate surface area is 166 Å². The molecular formula is C21H14ClNO4S. The van der Waals surface area contributed by atoms with Crippen LogP contribution in [0.15, 0.2) is 93.3 Å². The molecule has 0 radical (unpaired) electrons. The van der Waals surface area contributed by atoms with Crippen LogP contribution in [0.5, 0.6) is 0 Å². The summed E-state index contributed by atoms with van der Waals surface area (Å²) in [6.07, 6.45) is 0. The van der Waals surface area contributed by atoms with Gasteiger partial charge in [0.05, 0.1) is 4.90 Å². The zero-order valence-corrected chi connectivity index (χ0v) is 16.0. The van der Waals surface area contributed by atoms with Gasteiger partial charge in [0, 0.05) is 10.7 Å². The van der Waals surface area contributed by atoms with E-state index in [1.165, 1.54) is 36.4 Å². The zero-order chi connectivity index (χ0) is 19.7. The number of hydrogen-bond acceptors (Lipinski definition) is 4. The van der Waals surface area contributed by atoms with Crippen LogP contribution in [0, 0.1) is 0 Å². The minimum absolute atomic E-state index is 0.0349. The molecule has 1 amide bonds. The number of amides is 1. The summed E-state index contributed by atoms with van der Waals surface area (Å²) in [5.41, 5.74) is 0.585. The lowest BCUT2D eigenvalue weighted by atomic mass is 10.1. The predicted octanol–water partition coefficient (Wildman–Crippen LogP) is 5.17. The van der Waals surface area contributed by atoms with Gasteiger partial charge in [0.15, 0.2) is 5.76 Å². The van der Waals surface area contributed by atoms with Crippen molar-refractivity contribution < 1.29 is 17.6 Å². The molecule has 1 N–H and O–H groups in total. The lowest BCUT2D eigenvalue weighted by Crippen LogP contribution is -2.11. The predicted molar refractivity (Wildman–Crippen MR) is 108 cm³/mol. The minimum atomic E-state index is -3.88. The van der Waals surface area contributed by atoms with Crippen LogP contribution in [-0.4, -0.2) is 14.3 Å². The largest absolute Gasteiger partial charge is 0.439 e. The number of nitrogens with one attached hydrogen (secondary N) is 1. The molecule has 0 bridgehead atoms. The summed E-state index contributed by atoms with van der Waals surface area (Å²) in [5.74, 6) is -0.631. The summed E-state index contributed by atoms with van der Waals surface area (Å²) in [6, 6.07) is 21.6. The van der Waals surface area contributed by atoms with Gasteiger partial charge in [0.2, 0.25) is 14.9 Å². The SMILES string of the molecule is O=C(Nc1ccc2ccccc2c1)c1ccc(S(=O)(=O)c2ccc(Cl)cc2)o1. The van der Waals surface area contributed by atoms with Crippen LogP contribution in [0.4, 0.5) is 5.69 Å². The van der Waals surface area contributed by atoms with Gasteiger partial charge in [-0.15, -0.1) is 0 Å². The van der Waals surface area contributed by atoms with Crippen molar-refractivity contribution in [1.29, 1.82) is 0 Å². The Hall–Kier alpha value is -3.09. The molecule has 140 valence electrons. The van der Waals surface area contributed by atoms with Gasteiger partial charge in [0.25, 0.3) is 5.91 Å². The van der Waals surface area contributed by atoms with Crippen molar-refractivity contribution in [3.05, 3.63) is 89.6 Å². The van der Waals surface area contributed by atoms with Crippen molar-refractivity contribution in [3.8, 4) is 0 Å². The molecule has 0 saturated heterocycles. The van der Waals surface area contributed by atoms with Crippen molar-refractivity contribution in [2.24, 2.45) is 0 Å². The van der Waals surface area contributed by atoms with Crippen molar-refractivity contribution in [2.75, 3.05) is 5.32 Å². The molecule has 7 heteroatoms. The van der Waals surface area contributed by atoms with Gasteiger partial charge in [-0.3, -0.25) is 4.79 Å². The summed E-state index contributed by atoms with van der Waals surface area (Å²) in [5, 5.41) is 4.86. The lowest BCUT2D eigenvalue weighted by Gasteiger charge is -2.05. The highest BCUT2D eigenvalue weighted by atomic mass is 35.5. The number of halogens is 1. The Morgan fingerprint density at radius 2 is 1.57 bits per heavy atom. The Morgan fingerprint density at radius 1 is 0.857 bits per heavy atom. The number of fused-ring (bicyclic) bond motifs is 1. The van der Waals surface area contributed by atoms with E-state index in [-0.39, 0.29) is 15.7 Å². The van der Waals surface area contributed by atoms with Crippen LogP contribution >= 0.6 is 11.6 Å². The molecule has 0 saturated carbocycles. The number of benzene rings is 3. The molecule has 0 spiro atoms. The second kappa shape index (κ2) is 7.14. The van der Waals surface area contributed by atoms with Crippen molar-refractivity contribution in [2.45, 2.75) is 9.99 Å². The van der Waals surface area contributed by atoms with Gasteiger partial charge >= 0.3 is 0 Å². The van der Waals surface area contributed by atoms with E-state index >= 15 is 0 Å². The molecule has 0 atom stereocenters. The first-order valence-electron chi connectivity index (χ1n) is 8.34. The van der Waals surface area contributed by atoms with Crippen LogP contribution in [0.1, 0.15) is 10.6 Å². The summed E-state index contributed by atoms with van der Waals surface area (Å²) < 4.78 is 30.6. The molecule has 5 nitrogen and oxygen atoms in total. The van der Waals surface area contributed by atoms with E-state index in [2.05, 4.69) is 5.32 Å². The number of anilines is 1. The summed E-state index contributed by atoms with van der Waals surface area (Å²) in [7, 11) is -3.88.